The van der Waals surface area contributed by atoms with Crippen molar-refractivity contribution in [2.75, 3.05) is 9.77 Å². The van der Waals surface area contributed by atoms with Gasteiger partial charge < -0.3 is 5.11 Å². The molecular formula is C10H9IN2O3. The Balaban J connectivity index is 2.28. The molecule has 1 aromatic heterocycles. The number of nitrogens with zero attached hydrogens (tertiary/aromatic N) is 2. The first-order chi connectivity index (χ1) is 7.55. The Morgan fingerprint density at radius 1 is 1.38 bits per heavy atom. The molecule has 0 saturated heterocycles. The lowest BCUT2D eigenvalue weighted by Gasteiger charge is -2.32. The Bertz CT molecular complexity index is 547. The number of Topliss-reactive ketones (excluding diaryl/α,β-unsaturated/α-hetero) is 1. The maximum atomic E-state index is 12.2. The van der Waals surface area contributed by atoms with Crippen molar-refractivity contribution < 1.29 is 9.90 Å². The molecule has 1 aromatic rings. The number of halogens is 1. The molecule has 0 aromatic carbocycles. The first-order valence-electron chi connectivity index (χ1n) is 4.98. The number of rotatable bonds is 0. The van der Waals surface area contributed by atoms with Crippen molar-refractivity contribution in [1.82, 2.24) is 4.68 Å². The van der Waals surface area contributed by atoms with Crippen molar-refractivity contribution >= 4 is 28.6 Å². The number of aromatic hydroxyl groups is 1. The van der Waals surface area contributed by atoms with Crippen LogP contribution in [0, 0.1) is 5.41 Å². The largest absolute Gasteiger partial charge is 0.503 e. The highest BCUT2D eigenvalue weighted by molar-refractivity contribution is 14.1. The second-order valence-electron chi connectivity index (χ2n) is 4.33. The second kappa shape index (κ2) is 2.99. The molecule has 1 saturated carbocycles. The molecule has 0 bridgehead atoms. The van der Waals surface area contributed by atoms with E-state index in [0.717, 1.165) is 12.8 Å². The highest BCUT2D eigenvalue weighted by Gasteiger charge is 2.55. The summed E-state index contributed by atoms with van der Waals surface area (Å²) in [7, 11) is 0. The number of fused-ring (bicyclic) bond motifs is 1. The summed E-state index contributed by atoms with van der Waals surface area (Å²) >= 11 is 2.08. The number of hydrogen-bond donors (Lipinski definition) is 1. The molecule has 0 atom stereocenters. The van der Waals surface area contributed by atoms with Crippen LogP contribution in [0.3, 0.4) is 0 Å². The van der Waals surface area contributed by atoms with Crippen molar-refractivity contribution in [2.24, 2.45) is 5.41 Å². The van der Waals surface area contributed by atoms with E-state index in [4.69, 9.17) is 0 Å². The monoisotopic (exact) mass is 332 g/mol. The molecule has 5 nitrogen and oxygen atoms in total. The summed E-state index contributed by atoms with van der Waals surface area (Å²) in [5, 5.41) is 9.71. The van der Waals surface area contributed by atoms with Crippen LogP contribution in [0.4, 0.5) is 0 Å². The average Bonchev–Trinajstić information content (AvgIpc) is 3.00. The van der Waals surface area contributed by atoms with Crippen LogP contribution >= 0.6 is 22.9 Å². The summed E-state index contributed by atoms with van der Waals surface area (Å²) < 4.78 is 3.38. The third-order valence-corrected chi connectivity index (χ3v) is 4.08. The molecule has 3 rings (SSSR count). The fraction of sp³-hybridized carbons (Fsp3) is 0.400. The lowest BCUT2D eigenvalue weighted by molar-refractivity contribution is 0.0873. The van der Waals surface area contributed by atoms with Gasteiger partial charge in [-0.05, 0) is 12.8 Å². The standard InChI is InChI=1S/C10H9IN2O3/c11-13-5-10(2-3-10)9(16)7-8(15)6(14)1-4-12(7)13/h1,4,15H,2-3,5H2. The van der Waals surface area contributed by atoms with Crippen LogP contribution in [-0.4, -0.2) is 22.1 Å². The van der Waals surface area contributed by atoms with E-state index in [0.29, 0.717) is 6.54 Å². The van der Waals surface area contributed by atoms with Gasteiger partial charge in [-0.15, -0.1) is 0 Å². The predicted octanol–water partition coefficient (Wildman–Crippen LogP) is 0.818. The van der Waals surface area contributed by atoms with E-state index in [9.17, 15) is 14.7 Å². The quantitative estimate of drug-likeness (QED) is 0.564. The number of carbonyl (C=O) groups is 1. The van der Waals surface area contributed by atoms with E-state index in [2.05, 4.69) is 22.9 Å². The van der Waals surface area contributed by atoms with E-state index in [-0.39, 0.29) is 16.9 Å². The Kier molecular flexibility index (Phi) is 1.90. The van der Waals surface area contributed by atoms with Gasteiger partial charge in [-0.1, -0.05) is 0 Å². The lowest BCUT2D eigenvalue weighted by Crippen LogP contribution is -2.44. The Labute approximate surface area is 105 Å². The van der Waals surface area contributed by atoms with Gasteiger partial charge in [0.1, 0.15) is 0 Å². The topological polar surface area (TPSA) is 62.5 Å². The number of hydrogen-bond acceptors (Lipinski definition) is 4. The van der Waals surface area contributed by atoms with Gasteiger partial charge in [-0.25, -0.2) is 4.68 Å². The van der Waals surface area contributed by atoms with Gasteiger partial charge in [0.25, 0.3) is 0 Å². The smallest absolute Gasteiger partial charge is 0.224 e. The summed E-state index contributed by atoms with van der Waals surface area (Å²) in [5.41, 5.74) is -0.723. The summed E-state index contributed by atoms with van der Waals surface area (Å²) in [4.78, 5) is 23.5. The Morgan fingerprint density at radius 2 is 2.06 bits per heavy atom. The molecule has 84 valence electrons. The molecule has 16 heavy (non-hydrogen) atoms. The van der Waals surface area contributed by atoms with Crippen LogP contribution in [0.5, 0.6) is 5.75 Å². The van der Waals surface area contributed by atoms with Crippen LogP contribution in [0.1, 0.15) is 23.3 Å². The lowest BCUT2D eigenvalue weighted by atomic mass is 9.96. The highest BCUT2D eigenvalue weighted by atomic mass is 127. The fourth-order valence-corrected chi connectivity index (χ4v) is 3.11. The van der Waals surface area contributed by atoms with Crippen molar-refractivity contribution in [3.8, 4) is 5.75 Å². The van der Waals surface area contributed by atoms with Crippen LogP contribution in [0.2, 0.25) is 0 Å². The molecule has 6 heteroatoms. The van der Waals surface area contributed by atoms with Gasteiger partial charge in [-0.2, -0.15) is 0 Å². The molecule has 0 unspecified atom stereocenters. The van der Waals surface area contributed by atoms with E-state index in [1.54, 1.807) is 4.68 Å². The summed E-state index contributed by atoms with van der Waals surface area (Å²) in [6.07, 6.45) is 3.21. The minimum atomic E-state index is -0.498. The van der Waals surface area contributed by atoms with E-state index >= 15 is 0 Å². The highest BCUT2D eigenvalue weighted by Crippen LogP contribution is 2.51. The molecule has 1 aliphatic carbocycles. The third kappa shape index (κ3) is 1.16. The Hall–Kier alpha value is -1.05. The normalized spacial score (nSPS) is 21.1. The molecule has 1 fully saturated rings. The molecule has 1 aliphatic heterocycles. The first-order valence-corrected chi connectivity index (χ1v) is 5.95. The Morgan fingerprint density at radius 3 is 2.69 bits per heavy atom. The molecule has 1 N–H and O–H groups in total. The fourth-order valence-electron chi connectivity index (χ4n) is 2.09. The molecule has 0 radical (unpaired) electrons. The van der Waals surface area contributed by atoms with Gasteiger partial charge in [0, 0.05) is 12.3 Å². The van der Waals surface area contributed by atoms with Gasteiger partial charge >= 0.3 is 0 Å². The SMILES string of the molecule is O=C1c2c(O)c(=O)ccn2N(I)CC12CC2. The summed E-state index contributed by atoms with van der Waals surface area (Å²) in [6, 6.07) is 1.27. The third-order valence-electron chi connectivity index (χ3n) is 3.27. The van der Waals surface area contributed by atoms with E-state index in [1.807, 2.05) is 3.22 Å². The van der Waals surface area contributed by atoms with Crippen LogP contribution in [0.15, 0.2) is 17.1 Å². The summed E-state index contributed by atoms with van der Waals surface area (Å²) in [5.74, 6) is -0.532. The molecular weight excluding hydrogens is 323 g/mol. The molecule has 2 heterocycles. The first kappa shape index (κ1) is 10.1. The van der Waals surface area contributed by atoms with Crippen molar-refractivity contribution in [3.63, 3.8) is 0 Å². The minimum Gasteiger partial charge on any atom is -0.503 e. The van der Waals surface area contributed by atoms with Gasteiger partial charge in [0.05, 0.1) is 34.8 Å². The minimum absolute atomic E-state index is 0.101. The van der Waals surface area contributed by atoms with Crippen LogP contribution in [0.25, 0.3) is 0 Å². The number of aromatic nitrogens is 1. The predicted molar refractivity (Wildman–Crippen MR) is 65.5 cm³/mol. The zero-order valence-corrected chi connectivity index (χ0v) is 10.5. The molecule has 0 amide bonds. The zero-order chi connectivity index (χ0) is 11.5. The van der Waals surface area contributed by atoms with Gasteiger partial charge in [0.15, 0.2) is 17.2 Å². The second-order valence-corrected chi connectivity index (χ2v) is 5.44. The van der Waals surface area contributed by atoms with E-state index < -0.39 is 11.2 Å². The van der Waals surface area contributed by atoms with Crippen molar-refractivity contribution in [3.05, 3.63) is 28.2 Å². The maximum absolute atomic E-state index is 12.2. The number of ketones is 1. The van der Waals surface area contributed by atoms with Gasteiger partial charge in [-0.3, -0.25) is 12.8 Å². The summed E-state index contributed by atoms with van der Waals surface area (Å²) in [6.45, 7) is 0.641. The van der Waals surface area contributed by atoms with Crippen LogP contribution in [-0.2, 0) is 0 Å². The van der Waals surface area contributed by atoms with Crippen LogP contribution < -0.4 is 8.65 Å². The van der Waals surface area contributed by atoms with Crippen molar-refractivity contribution in [2.45, 2.75) is 12.8 Å². The van der Waals surface area contributed by atoms with Gasteiger partial charge in [0.2, 0.25) is 5.43 Å². The number of carbonyl (C=O) groups excluding carboxylic acids is 1. The maximum Gasteiger partial charge on any atom is 0.224 e. The molecule has 1 spiro atoms. The average molecular weight is 332 g/mol. The molecule has 2 aliphatic rings. The zero-order valence-electron chi connectivity index (χ0n) is 8.31. The number of pyridine rings is 1. The van der Waals surface area contributed by atoms with Crippen molar-refractivity contribution in [1.29, 1.82) is 0 Å². The van der Waals surface area contributed by atoms with E-state index in [1.165, 1.54) is 12.3 Å².